The van der Waals surface area contributed by atoms with E-state index in [2.05, 4.69) is 23.7 Å². The van der Waals surface area contributed by atoms with Gasteiger partial charge in [0, 0.05) is 25.7 Å². The van der Waals surface area contributed by atoms with Crippen molar-refractivity contribution in [2.75, 3.05) is 30.3 Å². The number of thiazole rings is 1. The Bertz CT molecular complexity index is 524. The number of carbonyl (C=O) groups excluding carboxylic acids is 1. The molecule has 2 N–H and O–H groups in total. The van der Waals surface area contributed by atoms with Gasteiger partial charge < -0.3 is 15.5 Å². The third-order valence-corrected chi connectivity index (χ3v) is 5.73. The average Bonchev–Trinajstić information content (AvgIpc) is 3.07. The highest BCUT2D eigenvalue weighted by Crippen LogP contribution is 2.33. The molecule has 2 fully saturated rings. The number of carbonyl (C=O) groups is 1. The van der Waals surface area contributed by atoms with Gasteiger partial charge in [0.1, 0.15) is 10.7 Å². The third kappa shape index (κ3) is 2.86. The second-order valence-corrected chi connectivity index (χ2v) is 7.36. The lowest BCUT2D eigenvalue weighted by atomic mass is 9.93. The smallest absolute Gasteiger partial charge is 0.268 e. The second-order valence-electron chi connectivity index (χ2n) is 6.38. The van der Waals surface area contributed by atoms with Crippen LogP contribution in [0.2, 0.25) is 0 Å². The van der Waals surface area contributed by atoms with Crippen LogP contribution in [-0.4, -0.2) is 41.5 Å². The van der Waals surface area contributed by atoms with E-state index in [4.69, 9.17) is 5.73 Å². The lowest BCUT2D eigenvalue weighted by Gasteiger charge is -2.36. The number of nitrogens with zero attached hydrogens (tertiary/aromatic N) is 3. The van der Waals surface area contributed by atoms with Crippen molar-refractivity contribution in [1.29, 1.82) is 0 Å². The lowest BCUT2D eigenvalue weighted by molar-refractivity contribution is 0.0594. The molecule has 6 heteroatoms. The van der Waals surface area contributed by atoms with Gasteiger partial charge in [-0.2, -0.15) is 0 Å². The standard InChI is InChI=1S/C15H24N4OS/c1-10-5-8-19(11(2)9-10)14(20)12-13(16)17-15(21-12)18-6-3-4-7-18/h10-11H,3-9,16H2,1-2H3. The Kier molecular flexibility index (Phi) is 4.06. The van der Waals surface area contributed by atoms with Crippen molar-refractivity contribution in [1.82, 2.24) is 9.88 Å². The van der Waals surface area contributed by atoms with Gasteiger partial charge in [-0.25, -0.2) is 4.98 Å². The Morgan fingerprint density at radius 3 is 2.67 bits per heavy atom. The molecule has 0 bridgehead atoms. The molecule has 5 nitrogen and oxygen atoms in total. The molecule has 0 saturated carbocycles. The molecule has 1 aromatic rings. The normalized spacial score (nSPS) is 26.4. The number of anilines is 2. The first-order chi connectivity index (χ1) is 10.1. The summed E-state index contributed by atoms with van der Waals surface area (Å²) in [6.07, 6.45) is 4.55. The molecule has 1 amide bonds. The van der Waals surface area contributed by atoms with Gasteiger partial charge in [0.2, 0.25) is 0 Å². The molecule has 116 valence electrons. The first-order valence-corrected chi connectivity index (χ1v) is 8.70. The minimum atomic E-state index is 0.0647. The second kappa shape index (κ2) is 5.83. The minimum Gasteiger partial charge on any atom is -0.382 e. The maximum atomic E-state index is 12.8. The van der Waals surface area contributed by atoms with Crippen molar-refractivity contribution in [2.45, 2.75) is 45.6 Å². The largest absolute Gasteiger partial charge is 0.382 e. The van der Waals surface area contributed by atoms with Crippen LogP contribution in [0.15, 0.2) is 0 Å². The monoisotopic (exact) mass is 308 g/mol. The van der Waals surface area contributed by atoms with Gasteiger partial charge in [0.25, 0.3) is 5.91 Å². The Labute approximate surface area is 130 Å². The Balaban J connectivity index is 1.78. The minimum absolute atomic E-state index is 0.0647. The quantitative estimate of drug-likeness (QED) is 0.912. The van der Waals surface area contributed by atoms with Gasteiger partial charge in [-0.3, -0.25) is 4.79 Å². The summed E-state index contributed by atoms with van der Waals surface area (Å²) >= 11 is 1.46. The molecule has 21 heavy (non-hydrogen) atoms. The van der Waals surface area contributed by atoms with E-state index in [-0.39, 0.29) is 11.9 Å². The van der Waals surface area contributed by atoms with E-state index in [1.807, 2.05) is 4.90 Å². The number of rotatable bonds is 2. The molecular weight excluding hydrogens is 284 g/mol. The predicted molar refractivity (Wildman–Crippen MR) is 86.9 cm³/mol. The Morgan fingerprint density at radius 1 is 1.29 bits per heavy atom. The number of hydrogen-bond acceptors (Lipinski definition) is 5. The molecule has 2 atom stereocenters. The van der Waals surface area contributed by atoms with Gasteiger partial charge >= 0.3 is 0 Å². The fourth-order valence-electron chi connectivity index (χ4n) is 3.36. The maximum absolute atomic E-state index is 12.8. The SMILES string of the molecule is CC1CCN(C(=O)c2sc(N3CCCC3)nc2N)C(C)C1. The van der Waals surface area contributed by atoms with Gasteiger partial charge in [-0.15, -0.1) is 0 Å². The van der Waals surface area contributed by atoms with Crippen LogP contribution in [0.1, 0.15) is 49.2 Å². The zero-order valence-corrected chi connectivity index (χ0v) is 13.7. The van der Waals surface area contributed by atoms with Crippen LogP contribution >= 0.6 is 11.3 Å². The van der Waals surface area contributed by atoms with Crippen molar-refractivity contribution >= 4 is 28.2 Å². The first-order valence-electron chi connectivity index (χ1n) is 7.88. The number of nitrogens with two attached hydrogens (primary N) is 1. The van der Waals surface area contributed by atoms with Crippen molar-refractivity contribution < 1.29 is 4.79 Å². The molecule has 0 spiro atoms. The number of aromatic nitrogens is 1. The van der Waals surface area contributed by atoms with E-state index >= 15 is 0 Å². The van der Waals surface area contributed by atoms with Crippen LogP contribution in [0, 0.1) is 5.92 Å². The summed E-state index contributed by atoms with van der Waals surface area (Å²) in [4.78, 5) is 22.0. The van der Waals surface area contributed by atoms with E-state index in [1.54, 1.807) is 0 Å². The van der Waals surface area contributed by atoms with Crippen LogP contribution in [-0.2, 0) is 0 Å². The van der Waals surface area contributed by atoms with Crippen LogP contribution in [0.3, 0.4) is 0 Å². The van der Waals surface area contributed by atoms with E-state index in [1.165, 1.54) is 24.2 Å². The summed E-state index contributed by atoms with van der Waals surface area (Å²) in [6.45, 7) is 7.27. The van der Waals surface area contributed by atoms with Crippen molar-refractivity contribution in [2.24, 2.45) is 5.92 Å². The zero-order chi connectivity index (χ0) is 15.0. The van der Waals surface area contributed by atoms with Crippen LogP contribution in [0.25, 0.3) is 0 Å². The summed E-state index contributed by atoms with van der Waals surface area (Å²) in [5, 5.41) is 0.909. The van der Waals surface area contributed by atoms with E-state index in [0.29, 0.717) is 16.6 Å². The zero-order valence-electron chi connectivity index (χ0n) is 12.8. The fourth-order valence-corrected chi connectivity index (χ4v) is 4.35. The predicted octanol–water partition coefficient (Wildman–Crippen LogP) is 2.59. The summed E-state index contributed by atoms with van der Waals surface area (Å²) < 4.78 is 0. The van der Waals surface area contributed by atoms with Gasteiger partial charge in [0.05, 0.1) is 0 Å². The van der Waals surface area contributed by atoms with Crippen LogP contribution in [0.4, 0.5) is 10.9 Å². The van der Waals surface area contributed by atoms with Crippen molar-refractivity contribution in [3.63, 3.8) is 0 Å². The van der Waals surface area contributed by atoms with Crippen molar-refractivity contribution in [3.8, 4) is 0 Å². The highest BCUT2D eigenvalue weighted by atomic mass is 32.1. The van der Waals surface area contributed by atoms with E-state index in [0.717, 1.165) is 37.6 Å². The van der Waals surface area contributed by atoms with E-state index in [9.17, 15) is 4.79 Å². The van der Waals surface area contributed by atoms with Crippen LogP contribution in [0.5, 0.6) is 0 Å². The molecule has 0 radical (unpaired) electrons. The molecule has 0 aromatic carbocycles. The summed E-state index contributed by atoms with van der Waals surface area (Å²) in [5.74, 6) is 1.16. The molecule has 2 unspecified atom stereocenters. The number of nitrogen functional groups attached to an aromatic ring is 1. The molecule has 2 saturated heterocycles. The van der Waals surface area contributed by atoms with Crippen molar-refractivity contribution in [3.05, 3.63) is 4.88 Å². The topological polar surface area (TPSA) is 62.5 Å². The van der Waals surface area contributed by atoms with Gasteiger partial charge in [-0.1, -0.05) is 18.3 Å². The van der Waals surface area contributed by atoms with Crippen LogP contribution < -0.4 is 10.6 Å². The average molecular weight is 308 g/mol. The first kappa shape index (κ1) is 14.6. The number of piperidine rings is 1. The molecule has 3 heterocycles. The van der Waals surface area contributed by atoms with Gasteiger partial charge in [-0.05, 0) is 38.5 Å². The number of hydrogen-bond donors (Lipinski definition) is 1. The maximum Gasteiger partial charge on any atom is 0.268 e. The Hall–Kier alpha value is -1.30. The summed E-state index contributed by atoms with van der Waals surface area (Å²) in [7, 11) is 0. The molecule has 1 aromatic heterocycles. The Morgan fingerprint density at radius 2 is 2.00 bits per heavy atom. The summed E-state index contributed by atoms with van der Waals surface area (Å²) in [6, 6.07) is 0.290. The number of amides is 1. The molecular formula is C15H24N4OS. The highest BCUT2D eigenvalue weighted by molar-refractivity contribution is 7.18. The van der Waals surface area contributed by atoms with Gasteiger partial charge in [0.15, 0.2) is 5.13 Å². The molecule has 2 aliphatic rings. The molecule has 3 rings (SSSR count). The van der Waals surface area contributed by atoms with E-state index < -0.39 is 0 Å². The summed E-state index contributed by atoms with van der Waals surface area (Å²) in [5.41, 5.74) is 6.01. The third-order valence-electron chi connectivity index (χ3n) is 4.61. The lowest BCUT2D eigenvalue weighted by Crippen LogP contribution is -2.44. The molecule has 0 aliphatic carbocycles. The fraction of sp³-hybridized carbons (Fsp3) is 0.733. The molecule has 2 aliphatic heterocycles. The number of likely N-dealkylation sites (tertiary alicyclic amines) is 1. The highest BCUT2D eigenvalue weighted by Gasteiger charge is 2.30.